The van der Waals surface area contributed by atoms with Gasteiger partial charge in [-0.1, -0.05) is 11.6 Å². The second-order valence-corrected chi connectivity index (χ2v) is 6.43. The minimum Gasteiger partial charge on any atom is -0.339 e. The Bertz CT molecular complexity index is 614. The fraction of sp³-hybridized carbons (Fsp3) is 0.500. The third-order valence-corrected chi connectivity index (χ3v) is 4.90. The summed E-state index contributed by atoms with van der Waals surface area (Å²) in [5, 5.41) is 3.21. The quantitative estimate of drug-likeness (QED) is 0.881. The largest absolute Gasteiger partial charge is 0.339 e. The Morgan fingerprint density at radius 2 is 2.04 bits per heavy atom. The maximum atomic E-state index is 12.7. The van der Waals surface area contributed by atoms with Crippen molar-refractivity contribution in [3.63, 3.8) is 0 Å². The number of urea groups is 1. The maximum Gasteiger partial charge on any atom is 0.322 e. The first-order valence-electron chi connectivity index (χ1n) is 7.94. The number of likely N-dealkylation sites (tertiary alicyclic amines) is 1. The predicted molar refractivity (Wildman–Crippen MR) is 89.9 cm³/mol. The number of carbonyl (C=O) groups is 2. The molecule has 1 aromatic rings. The average Bonchev–Trinajstić information content (AvgIpc) is 3.00. The van der Waals surface area contributed by atoms with E-state index in [1.54, 1.807) is 23.1 Å². The Labute approximate surface area is 140 Å². The average molecular weight is 337 g/mol. The Balaban J connectivity index is 1.78. The zero-order chi connectivity index (χ0) is 16.4. The highest BCUT2D eigenvalue weighted by atomic mass is 35.5. The van der Waals surface area contributed by atoms with Crippen LogP contribution in [0.5, 0.6) is 0 Å². The van der Waals surface area contributed by atoms with Crippen LogP contribution in [-0.4, -0.2) is 49.6 Å². The number of nitrogens with one attached hydrogen (secondary N) is 1. The molecule has 2 saturated heterocycles. The van der Waals surface area contributed by atoms with Crippen LogP contribution in [0.1, 0.15) is 23.2 Å². The van der Waals surface area contributed by atoms with Crippen molar-refractivity contribution in [1.82, 2.24) is 10.2 Å². The molecule has 2 fully saturated rings. The number of nitrogens with two attached hydrogens (primary N) is 1. The summed E-state index contributed by atoms with van der Waals surface area (Å²) in [4.78, 5) is 27.9. The van der Waals surface area contributed by atoms with Gasteiger partial charge in [0.1, 0.15) is 0 Å². The normalized spacial score (nSPS) is 19.1. The van der Waals surface area contributed by atoms with Gasteiger partial charge in [-0.05, 0) is 43.5 Å². The first kappa shape index (κ1) is 16.1. The highest BCUT2D eigenvalue weighted by Crippen LogP contribution is 2.29. The molecular formula is C16H21ClN4O2. The fourth-order valence-electron chi connectivity index (χ4n) is 3.11. The second-order valence-electron chi connectivity index (χ2n) is 6.02. The zero-order valence-electron chi connectivity index (χ0n) is 12.9. The molecule has 0 spiro atoms. The van der Waals surface area contributed by atoms with Gasteiger partial charge in [-0.3, -0.25) is 9.69 Å². The first-order chi connectivity index (χ1) is 11.1. The standard InChI is InChI=1S/C16H21ClN4O2/c17-13-2-1-12(9-14(13)21-8-5-19-16(21)23)15(22)20-6-3-11(10-18)4-7-20/h1-2,9,11H,3-8,10,18H2,(H,19,23). The van der Waals surface area contributed by atoms with Gasteiger partial charge in [0.05, 0.1) is 10.7 Å². The van der Waals surface area contributed by atoms with E-state index in [0.717, 1.165) is 25.9 Å². The Kier molecular flexibility index (Phi) is 4.73. The van der Waals surface area contributed by atoms with Crippen LogP contribution in [0, 0.1) is 5.92 Å². The molecule has 0 saturated carbocycles. The van der Waals surface area contributed by atoms with E-state index in [4.69, 9.17) is 17.3 Å². The fourth-order valence-corrected chi connectivity index (χ4v) is 3.33. The lowest BCUT2D eigenvalue weighted by atomic mass is 9.96. The van der Waals surface area contributed by atoms with E-state index < -0.39 is 0 Å². The molecule has 1 aromatic carbocycles. The van der Waals surface area contributed by atoms with E-state index in [2.05, 4.69) is 5.32 Å². The van der Waals surface area contributed by atoms with Crippen LogP contribution in [0.3, 0.4) is 0 Å². The number of benzene rings is 1. The monoisotopic (exact) mass is 336 g/mol. The van der Waals surface area contributed by atoms with E-state index in [1.807, 2.05) is 4.90 Å². The van der Waals surface area contributed by atoms with Crippen LogP contribution in [0.4, 0.5) is 10.5 Å². The number of halogens is 1. The number of piperidine rings is 1. The number of carbonyl (C=O) groups excluding carboxylic acids is 2. The summed E-state index contributed by atoms with van der Waals surface area (Å²) >= 11 is 6.21. The number of rotatable bonds is 3. The van der Waals surface area contributed by atoms with Gasteiger partial charge in [0.15, 0.2) is 0 Å². The summed E-state index contributed by atoms with van der Waals surface area (Å²) in [6.45, 7) is 3.26. The van der Waals surface area contributed by atoms with E-state index in [-0.39, 0.29) is 11.9 Å². The van der Waals surface area contributed by atoms with Crippen LogP contribution in [0.15, 0.2) is 18.2 Å². The minimum atomic E-state index is -0.180. The summed E-state index contributed by atoms with van der Waals surface area (Å²) in [6.07, 6.45) is 1.88. The molecule has 0 bridgehead atoms. The molecular weight excluding hydrogens is 316 g/mol. The molecule has 3 rings (SSSR count). The first-order valence-corrected chi connectivity index (χ1v) is 8.32. The molecule has 6 nitrogen and oxygen atoms in total. The summed E-state index contributed by atoms with van der Waals surface area (Å²) in [5.74, 6) is 0.492. The summed E-state index contributed by atoms with van der Waals surface area (Å²) in [7, 11) is 0. The number of hydrogen-bond acceptors (Lipinski definition) is 3. The van der Waals surface area contributed by atoms with Gasteiger partial charge in [0.25, 0.3) is 5.91 Å². The van der Waals surface area contributed by atoms with E-state index in [9.17, 15) is 9.59 Å². The van der Waals surface area contributed by atoms with Crippen LogP contribution >= 0.6 is 11.6 Å². The van der Waals surface area contributed by atoms with Gasteiger partial charge in [-0.2, -0.15) is 0 Å². The molecule has 2 aliphatic rings. The van der Waals surface area contributed by atoms with Gasteiger partial charge < -0.3 is 16.0 Å². The minimum absolute atomic E-state index is 0.0157. The highest BCUT2D eigenvalue weighted by molar-refractivity contribution is 6.34. The lowest BCUT2D eigenvalue weighted by molar-refractivity contribution is 0.0693. The van der Waals surface area contributed by atoms with Crippen molar-refractivity contribution >= 4 is 29.2 Å². The lowest BCUT2D eigenvalue weighted by Crippen LogP contribution is -2.40. The molecule has 3 amide bonds. The molecule has 124 valence electrons. The van der Waals surface area contributed by atoms with E-state index in [1.165, 1.54) is 0 Å². The number of amides is 3. The topological polar surface area (TPSA) is 78.7 Å². The SMILES string of the molecule is NCC1CCN(C(=O)c2ccc(Cl)c(N3CCNC3=O)c2)CC1. The molecule has 0 radical (unpaired) electrons. The Morgan fingerprint density at radius 1 is 1.30 bits per heavy atom. The van der Waals surface area contributed by atoms with Crippen LogP contribution in [0.25, 0.3) is 0 Å². The summed E-state index contributed by atoms with van der Waals surface area (Å²) in [6, 6.07) is 4.93. The third kappa shape index (κ3) is 3.28. The van der Waals surface area contributed by atoms with Crippen molar-refractivity contribution < 1.29 is 9.59 Å². The highest BCUT2D eigenvalue weighted by Gasteiger charge is 2.26. The van der Waals surface area contributed by atoms with Crippen LogP contribution in [0.2, 0.25) is 5.02 Å². The van der Waals surface area contributed by atoms with Crippen molar-refractivity contribution in [3.8, 4) is 0 Å². The zero-order valence-corrected chi connectivity index (χ0v) is 13.7. The Morgan fingerprint density at radius 3 is 2.65 bits per heavy atom. The molecule has 2 aliphatic heterocycles. The summed E-state index contributed by atoms with van der Waals surface area (Å²) < 4.78 is 0. The van der Waals surface area contributed by atoms with Crippen molar-refractivity contribution in [2.75, 3.05) is 37.6 Å². The molecule has 0 aromatic heterocycles. The van der Waals surface area contributed by atoms with Gasteiger partial charge in [-0.25, -0.2) is 4.79 Å². The molecule has 0 atom stereocenters. The molecule has 7 heteroatoms. The molecule has 0 unspecified atom stereocenters. The summed E-state index contributed by atoms with van der Waals surface area (Å²) in [5.41, 5.74) is 6.85. The van der Waals surface area contributed by atoms with E-state index in [0.29, 0.717) is 41.8 Å². The van der Waals surface area contributed by atoms with Crippen molar-refractivity contribution in [2.24, 2.45) is 11.7 Å². The Hall–Kier alpha value is -1.79. The van der Waals surface area contributed by atoms with Gasteiger partial charge in [0.2, 0.25) is 0 Å². The van der Waals surface area contributed by atoms with Gasteiger partial charge in [0, 0.05) is 31.7 Å². The predicted octanol–water partition coefficient (Wildman–Crippen LogP) is 1.68. The molecule has 0 aliphatic carbocycles. The number of nitrogens with zero attached hydrogens (tertiary/aromatic N) is 2. The molecule has 2 heterocycles. The molecule has 3 N–H and O–H groups in total. The van der Waals surface area contributed by atoms with Crippen molar-refractivity contribution in [2.45, 2.75) is 12.8 Å². The smallest absolute Gasteiger partial charge is 0.322 e. The number of hydrogen-bond donors (Lipinski definition) is 2. The molecule has 23 heavy (non-hydrogen) atoms. The second kappa shape index (κ2) is 6.76. The van der Waals surface area contributed by atoms with Crippen LogP contribution in [-0.2, 0) is 0 Å². The van der Waals surface area contributed by atoms with E-state index >= 15 is 0 Å². The third-order valence-electron chi connectivity index (χ3n) is 4.58. The van der Waals surface area contributed by atoms with Crippen LogP contribution < -0.4 is 16.0 Å². The van der Waals surface area contributed by atoms with Gasteiger partial charge >= 0.3 is 6.03 Å². The van der Waals surface area contributed by atoms with Gasteiger partial charge in [-0.15, -0.1) is 0 Å². The maximum absolute atomic E-state index is 12.7. The van der Waals surface area contributed by atoms with Crippen molar-refractivity contribution in [3.05, 3.63) is 28.8 Å². The lowest BCUT2D eigenvalue weighted by Gasteiger charge is -2.31. The van der Waals surface area contributed by atoms with Crippen molar-refractivity contribution in [1.29, 1.82) is 0 Å². The number of anilines is 1.